The van der Waals surface area contributed by atoms with Crippen LogP contribution >= 0.6 is 45.2 Å². The lowest BCUT2D eigenvalue weighted by Gasteiger charge is -2.03. The molecule has 0 aliphatic carbocycles. The fourth-order valence-corrected chi connectivity index (χ4v) is 4.06. The number of rotatable bonds is 3. The van der Waals surface area contributed by atoms with Gasteiger partial charge in [-0.05, 0) is 6.07 Å². The topological polar surface area (TPSA) is 64.3 Å². The van der Waals surface area contributed by atoms with Crippen molar-refractivity contribution >= 4 is 59.8 Å². The fourth-order valence-electron chi connectivity index (χ4n) is 1.88. The number of imidazole rings is 1. The van der Waals surface area contributed by atoms with Crippen LogP contribution in [0.3, 0.4) is 0 Å². The van der Waals surface area contributed by atoms with Gasteiger partial charge in [0.25, 0.3) is 15.5 Å². The summed E-state index contributed by atoms with van der Waals surface area (Å²) >= 11 is 12.7. The molecule has 0 N–H and O–H groups in total. The second-order valence-corrected chi connectivity index (χ2v) is 8.67. The molecular formula is C11H4Cl3F2N3O2S2. The maximum atomic E-state index is 12.7. The van der Waals surface area contributed by atoms with E-state index in [9.17, 15) is 17.2 Å². The van der Waals surface area contributed by atoms with E-state index in [2.05, 4.69) is 9.97 Å². The summed E-state index contributed by atoms with van der Waals surface area (Å²) in [5.41, 5.74) is 0.223. The van der Waals surface area contributed by atoms with E-state index in [4.69, 9.17) is 33.9 Å². The first-order valence-electron chi connectivity index (χ1n) is 5.74. The van der Waals surface area contributed by atoms with Crippen LogP contribution in [0.5, 0.6) is 0 Å². The van der Waals surface area contributed by atoms with Gasteiger partial charge in [-0.15, -0.1) is 11.3 Å². The zero-order chi connectivity index (χ0) is 16.9. The zero-order valence-electron chi connectivity index (χ0n) is 10.7. The van der Waals surface area contributed by atoms with Gasteiger partial charge in [-0.25, -0.2) is 27.2 Å². The van der Waals surface area contributed by atoms with E-state index in [0.29, 0.717) is 11.3 Å². The van der Waals surface area contributed by atoms with E-state index < -0.39 is 15.5 Å². The molecule has 12 heteroatoms. The van der Waals surface area contributed by atoms with E-state index in [0.717, 1.165) is 18.5 Å². The number of halogens is 5. The smallest absolute Gasteiger partial charge is 0.274 e. The number of nitrogens with zero attached hydrogens (tertiary/aromatic N) is 3. The Labute approximate surface area is 146 Å². The van der Waals surface area contributed by atoms with Crippen LogP contribution in [0, 0.1) is 0 Å². The Morgan fingerprint density at radius 3 is 2.57 bits per heavy atom. The van der Waals surface area contributed by atoms with E-state index in [1.165, 1.54) is 4.40 Å². The molecule has 0 radical (unpaired) electrons. The minimum Gasteiger partial charge on any atom is -0.294 e. The van der Waals surface area contributed by atoms with Crippen molar-refractivity contribution < 1.29 is 17.2 Å². The van der Waals surface area contributed by atoms with Gasteiger partial charge in [0.1, 0.15) is 10.4 Å². The average molecular weight is 419 g/mol. The van der Waals surface area contributed by atoms with Crippen molar-refractivity contribution in [3.63, 3.8) is 0 Å². The predicted octanol–water partition coefficient (Wildman–Crippen LogP) is 4.63. The summed E-state index contributed by atoms with van der Waals surface area (Å²) in [5.74, 6) is 0.0889. The third-order valence-electron chi connectivity index (χ3n) is 2.83. The largest absolute Gasteiger partial charge is 0.294 e. The Hall–Kier alpha value is -1.00. The van der Waals surface area contributed by atoms with E-state index in [1.54, 1.807) is 0 Å². The first-order valence-corrected chi connectivity index (χ1v) is 9.62. The Kier molecular flexibility index (Phi) is 4.26. The number of hydrogen-bond donors (Lipinski definition) is 0. The van der Waals surface area contributed by atoms with E-state index in [-0.39, 0.29) is 36.3 Å². The van der Waals surface area contributed by atoms with Gasteiger partial charge >= 0.3 is 0 Å². The van der Waals surface area contributed by atoms with Gasteiger partial charge in [0.05, 0.1) is 9.90 Å². The lowest BCUT2D eigenvalue weighted by Crippen LogP contribution is -1.96. The molecule has 0 bridgehead atoms. The molecule has 0 amide bonds. The van der Waals surface area contributed by atoms with Crippen molar-refractivity contribution in [2.24, 2.45) is 0 Å². The highest BCUT2D eigenvalue weighted by Crippen LogP contribution is 2.36. The Morgan fingerprint density at radius 1 is 1.30 bits per heavy atom. The van der Waals surface area contributed by atoms with Gasteiger partial charge in [0, 0.05) is 23.1 Å². The van der Waals surface area contributed by atoms with Crippen LogP contribution in [0.2, 0.25) is 10.2 Å². The Morgan fingerprint density at radius 2 is 2.00 bits per heavy atom. The van der Waals surface area contributed by atoms with Crippen molar-refractivity contribution in [1.29, 1.82) is 0 Å². The number of thiazole rings is 1. The lowest BCUT2D eigenvalue weighted by atomic mass is 10.4. The van der Waals surface area contributed by atoms with E-state index >= 15 is 0 Å². The molecule has 3 rings (SSSR count). The third-order valence-corrected chi connectivity index (χ3v) is 5.70. The molecule has 3 aromatic heterocycles. The summed E-state index contributed by atoms with van der Waals surface area (Å²) in [7, 11) is 1.26. The van der Waals surface area contributed by atoms with E-state index in [1.807, 2.05) is 0 Å². The molecule has 23 heavy (non-hydrogen) atoms. The number of hydrogen-bond acceptors (Lipinski definition) is 5. The molecule has 0 fully saturated rings. The van der Waals surface area contributed by atoms with Crippen molar-refractivity contribution in [2.45, 2.75) is 11.3 Å². The zero-order valence-corrected chi connectivity index (χ0v) is 14.6. The van der Waals surface area contributed by atoms with Crippen LogP contribution < -0.4 is 0 Å². The highest BCUT2D eigenvalue weighted by molar-refractivity contribution is 8.13. The molecule has 5 nitrogen and oxygen atoms in total. The van der Waals surface area contributed by atoms with Crippen molar-refractivity contribution in [1.82, 2.24) is 14.4 Å². The van der Waals surface area contributed by atoms with Crippen molar-refractivity contribution in [2.75, 3.05) is 0 Å². The third kappa shape index (κ3) is 3.03. The van der Waals surface area contributed by atoms with Crippen molar-refractivity contribution in [3.05, 3.63) is 33.5 Å². The van der Waals surface area contributed by atoms with Gasteiger partial charge in [0.15, 0.2) is 16.0 Å². The summed E-state index contributed by atoms with van der Waals surface area (Å²) in [6, 6.07) is 1.13. The van der Waals surface area contributed by atoms with Crippen LogP contribution in [0.25, 0.3) is 16.3 Å². The van der Waals surface area contributed by atoms with Crippen LogP contribution in [-0.2, 0) is 9.05 Å². The molecule has 0 atom stereocenters. The Balaban J connectivity index is 2.30. The van der Waals surface area contributed by atoms with Crippen LogP contribution in [0.1, 0.15) is 11.3 Å². The first kappa shape index (κ1) is 16.8. The van der Waals surface area contributed by atoms with Gasteiger partial charge in [-0.3, -0.25) is 4.40 Å². The number of alkyl halides is 2. The molecule has 0 spiro atoms. The molecule has 122 valence electrons. The number of aromatic nitrogens is 3. The second-order valence-electron chi connectivity index (χ2n) is 4.27. The highest BCUT2D eigenvalue weighted by atomic mass is 35.7. The van der Waals surface area contributed by atoms with Crippen molar-refractivity contribution in [3.8, 4) is 10.8 Å². The SMILES string of the molecule is O=S(=O)(Cl)c1cc(Cl)c2c(Cl)nc(-c3ncc(C(F)F)s3)n2c1. The van der Waals surface area contributed by atoms with Crippen LogP contribution in [0.15, 0.2) is 23.4 Å². The predicted molar refractivity (Wildman–Crippen MR) is 84.3 cm³/mol. The van der Waals surface area contributed by atoms with Crippen LogP contribution in [-0.4, -0.2) is 22.8 Å². The minimum absolute atomic E-state index is 0.00103. The molecule has 0 aromatic carbocycles. The molecule has 3 heterocycles. The molecule has 0 aliphatic heterocycles. The quantitative estimate of drug-likeness (QED) is 0.582. The van der Waals surface area contributed by atoms with Crippen LogP contribution in [0.4, 0.5) is 8.78 Å². The van der Waals surface area contributed by atoms with Gasteiger partial charge in [-0.1, -0.05) is 23.2 Å². The molecule has 3 aromatic rings. The standard InChI is InChI=1S/C11H4Cl3F2N3O2S2/c12-5-1-4(23(14,20)21)3-19-7(5)8(13)18-10(19)11-17-2-6(22-11)9(15)16/h1-3,9H. The van der Waals surface area contributed by atoms with Gasteiger partial charge < -0.3 is 0 Å². The molecule has 0 aliphatic rings. The minimum atomic E-state index is -4.06. The monoisotopic (exact) mass is 417 g/mol. The maximum absolute atomic E-state index is 12.7. The van der Waals surface area contributed by atoms with Gasteiger partial charge in [0.2, 0.25) is 0 Å². The van der Waals surface area contributed by atoms with Gasteiger partial charge in [-0.2, -0.15) is 0 Å². The fraction of sp³-hybridized carbons (Fsp3) is 0.0909. The summed E-state index contributed by atoms with van der Waals surface area (Å²) in [6.45, 7) is 0. The second kappa shape index (κ2) is 5.82. The average Bonchev–Trinajstić information content (AvgIpc) is 3.02. The molecule has 0 saturated carbocycles. The normalized spacial score (nSPS) is 12.4. The molecule has 0 saturated heterocycles. The summed E-state index contributed by atoms with van der Waals surface area (Å²) in [5, 5.41) is 0.126. The summed E-state index contributed by atoms with van der Waals surface area (Å²) < 4.78 is 49.7. The molecular weight excluding hydrogens is 415 g/mol. The number of fused-ring (bicyclic) bond motifs is 1. The lowest BCUT2D eigenvalue weighted by molar-refractivity contribution is 0.155. The number of pyridine rings is 1. The first-order chi connectivity index (χ1) is 10.7. The summed E-state index contributed by atoms with van der Waals surface area (Å²) in [4.78, 5) is 7.36. The summed E-state index contributed by atoms with van der Waals surface area (Å²) in [6.07, 6.45) is -0.504. The molecule has 0 unspecified atom stereocenters. The highest BCUT2D eigenvalue weighted by Gasteiger charge is 2.22. The Bertz CT molecular complexity index is 1020. The maximum Gasteiger partial charge on any atom is 0.274 e.